The molecule has 0 radical (unpaired) electrons. The first-order valence-corrected chi connectivity index (χ1v) is 8.82. The third-order valence-electron chi connectivity index (χ3n) is 3.81. The van der Waals surface area contributed by atoms with Gasteiger partial charge in [-0.1, -0.05) is 25.1 Å². The third kappa shape index (κ3) is 3.60. The van der Waals surface area contributed by atoms with E-state index in [9.17, 15) is 13.2 Å². The van der Waals surface area contributed by atoms with Crippen molar-refractivity contribution in [1.82, 2.24) is 0 Å². The summed E-state index contributed by atoms with van der Waals surface area (Å²) in [5, 5.41) is 2.95. The van der Waals surface area contributed by atoms with Crippen LogP contribution in [-0.2, 0) is 21.1 Å². The first kappa shape index (κ1) is 15.0. The minimum Gasteiger partial charge on any atom is -0.326 e. The molecule has 1 heterocycles. The summed E-state index contributed by atoms with van der Waals surface area (Å²) in [7, 11) is -2.91. The number of hydrogen-bond donors (Lipinski definition) is 1. The summed E-state index contributed by atoms with van der Waals surface area (Å²) in [6.07, 6.45) is 1.75. The normalized spacial score (nSPS) is 20.8. The van der Waals surface area contributed by atoms with Gasteiger partial charge in [-0.15, -0.1) is 0 Å². The Morgan fingerprint density at radius 2 is 2.15 bits per heavy atom. The Morgan fingerprint density at radius 1 is 1.40 bits per heavy atom. The molecule has 0 saturated carbocycles. The van der Waals surface area contributed by atoms with Crippen molar-refractivity contribution >= 4 is 21.4 Å². The molecular formula is C15H21NO3S. The number of para-hydroxylation sites is 1. The summed E-state index contributed by atoms with van der Waals surface area (Å²) in [4.78, 5) is 12.1. The standard InChI is InChI=1S/C15H21NO3S/c1-3-13-6-4-5-11(2)15(13)16-14(17)9-12-7-8-20(18,19)10-12/h4-6,12H,3,7-10H2,1-2H3,(H,16,17)/t12-/m0/s1. The highest BCUT2D eigenvalue weighted by Gasteiger charge is 2.29. The molecule has 0 aromatic heterocycles. The highest BCUT2D eigenvalue weighted by molar-refractivity contribution is 7.91. The topological polar surface area (TPSA) is 63.2 Å². The van der Waals surface area contributed by atoms with E-state index in [4.69, 9.17) is 0 Å². The van der Waals surface area contributed by atoms with Crippen molar-refractivity contribution in [2.24, 2.45) is 5.92 Å². The van der Waals surface area contributed by atoms with Crippen LogP contribution in [-0.4, -0.2) is 25.8 Å². The fraction of sp³-hybridized carbons (Fsp3) is 0.533. The van der Waals surface area contributed by atoms with Gasteiger partial charge in [-0.25, -0.2) is 8.42 Å². The molecule has 0 spiro atoms. The lowest BCUT2D eigenvalue weighted by atomic mass is 10.0. The average molecular weight is 295 g/mol. The van der Waals surface area contributed by atoms with Gasteiger partial charge in [0.25, 0.3) is 0 Å². The molecule has 0 bridgehead atoms. The number of sulfone groups is 1. The Balaban J connectivity index is 2.02. The number of hydrogen-bond acceptors (Lipinski definition) is 3. The van der Waals surface area contributed by atoms with E-state index in [0.717, 1.165) is 23.2 Å². The highest BCUT2D eigenvalue weighted by atomic mass is 32.2. The molecule has 1 fully saturated rings. The molecule has 0 unspecified atom stereocenters. The second-order valence-electron chi connectivity index (χ2n) is 5.48. The van der Waals surface area contributed by atoms with Crippen molar-refractivity contribution in [3.05, 3.63) is 29.3 Å². The van der Waals surface area contributed by atoms with Gasteiger partial charge in [0.05, 0.1) is 11.5 Å². The van der Waals surface area contributed by atoms with Crippen LogP contribution in [0.5, 0.6) is 0 Å². The Labute approximate surface area is 120 Å². The van der Waals surface area contributed by atoms with Crippen molar-refractivity contribution in [3.63, 3.8) is 0 Å². The zero-order valence-corrected chi connectivity index (χ0v) is 12.8. The van der Waals surface area contributed by atoms with E-state index in [1.165, 1.54) is 0 Å². The molecule has 1 aromatic rings. The molecule has 20 heavy (non-hydrogen) atoms. The first-order chi connectivity index (χ1) is 9.41. The van der Waals surface area contributed by atoms with Gasteiger partial charge >= 0.3 is 0 Å². The fourth-order valence-corrected chi connectivity index (χ4v) is 4.55. The van der Waals surface area contributed by atoms with Gasteiger partial charge in [-0.05, 0) is 36.8 Å². The number of anilines is 1. The van der Waals surface area contributed by atoms with E-state index in [-0.39, 0.29) is 29.8 Å². The van der Waals surface area contributed by atoms with Gasteiger partial charge in [0, 0.05) is 12.1 Å². The van der Waals surface area contributed by atoms with Gasteiger partial charge < -0.3 is 5.32 Å². The van der Waals surface area contributed by atoms with Crippen LogP contribution in [0.15, 0.2) is 18.2 Å². The molecule has 1 saturated heterocycles. The van der Waals surface area contributed by atoms with Crippen molar-refractivity contribution in [1.29, 1.82) is 0 Å². The zero-order valence-electron chi connectivity index (χ0n) is 12.0. The van der Waals surface area contributed by atoms with Crippen molar-refractivity contribution in [2.75, 3.05) is 16.8 Å². The smallest absolute Gasteiger partial charge is 0.224 e. The number of nitrogens with one attached hydrogen (secondary N) is 1. The number of carbonyl (C=O) groups is 1. The molecule has 4 nitrogen and oxygen atoms in total. The lowest BCUT2D eigenvalue weighted by Crippen LogP contribution is -2.18. The second kappa shape index (κ2) is 5.95. The van der Waals surface area contributed by atoms with Gasteiger partial charge in [-0.3, -0.25) is 4.79 Å². The number of carbonyl (C=O) groups excluding carboxylic acids is 1. The predicted octanol–water partition coefficient (Wildman–Crippen LogP) is 2.32. The van der Waals surface area contributed by atoms with Gasteiger partial charge in [0.1, 0.15) is 0 Å². The average Bonchev–Trinajstić information content (AvgIpc) is 2.71. The van der Waals surface area contributed by atoms with Crippen molar-refractivity contribution < 1.29 is 13.2 Å². The summed E-state index contributed by atoms with van der Waals surface area (Å²) < 4.78 is 22.8. The van der Waals surface area contributed by atoms with E-state index in [2.05, 4.69) is 5.32 Å². The van der Waals surface area contributed by atoms with E-state index >= 15 is 0 Å². The fourth-order valence-electron chi connectivity index (χ4n) is 2.69. The summed E-state index contributed by atoms with van der Waals surface area (Å²) in [5.41, 5.74) is 3.02. The van der Waals surface area contributed by atoms with E-state index in [0.29, 0.717) is 6.42 Å². The van der Waals surface area contributed by atoms with Crippen LogP contribution < -0.4 is 5.32 Å². The summed E-state index contributed by atoms with van der Waals surface area (Å²) in [6, 6.07) is 5.95. The van der Waals surface area contributed by atoms with Crippen LogP contribution >= 0.6 is 0 Å². The van der Waals surface area contributed by atoms with E-state index in [1.807, 2.05) is 32.0 Å². The number of rotatable bonds is 4. The van der Waals surface area contributed by atoms with E-state index < -0.39 is 9.84 Å². The van der Waals surface area contributed by atoms with Gasteiger partial charge in [0.2, 0.25) is 5.91 Å². The molecule has 1 aromatic carbocycles. The second-order valence-corrected chi connectivity index (χ2v) is 7.71. The Kier molecular flexibility index (Phi) is 4.48. The molecule has 1 N–H and O–H groups in total. The SMILES string of the molecule is CCc1cccc(C)c1NC(=O)C[C@@H]1CCS(=O)(=O)C1. The van der Waals surface area contributed by atoms with Gasteiger partial charge in [-0.2, -0.15) is 0 Å². The molecular weight excluding hydrogens is 274 g/mol. The van der Waals surface area contributed by atoms with Crippen molar-refractivity contribution in [2.45, 2.75) is 33.1 Å². The van der Waals surface area contributed by atoms with Crippen LogP contribution in [0.4, 0.5) is 5.69 Å². The predicted molar refractivity (Wildman–Crippen MR) is 80.6 cm³/mol. The van der Waals surface area contributed by atoms with Crippen LogP contribution in [0.25, 0.3) is 0 Å². The van der Waals surface area contributed by atoms with Crippen LogP contribution in [0.2, 0.25) is 0 Å². The molecule has 0 aliphatic carbocycles. The van der Waals surface area contributed by atoms with Crippen LogP contribution in [0.1, 0.15) is 30.9 Å². The Morgan fingerprint density at radius 3 is 2.75 bits per heavy atom. The molecule has 110 valence electrons. The number of aryl methyl sites for hydroxylation is 2. The highest BCUT2D eigenvalue weighted by Crippen LogP contribution is 2.24. The number of amides is 1. The third-order valence-corrected chi connectivity index (χ3v) is 5.64. The lowest BCUT2D eigenvalue weighted by molar-refractivity contribution is -0.116. The van der Waals surface area contributed by atoms with Crippen LogP contribution in [0.3, 0.4) is 0 Å². The summed E-state index contributed by atoms with van der Waals surface area (Å²) >= 11 is 0. The Hall–Kier alpha value is -1.36. The molecule has 1 aliphatic rings. The minimum atomic E-state index is -2.91. The Bertz CT molecular complexity index is 608. The van der Waals surface area contributed by atoms with Gasteiger partial charge in [0.15, 0.2) is 9.84 Å². The minimum absolute atomic E-state index is 0.0332. The largest absolute Gasteiger partial charge is 0.326 e. The van der Waals surface area contributed by atoms with Crippen molar-refractivity contribution in [3.8, 4) is 0 Å². The molecule has 5 heteroatoms. The maximum atomic E-state index is 12.1. The summed E-state index contributed by atoms with van der Waals surface area (Å²) in [5.74, 6) is 0.245. The zero-order chi connectivity index (χ0) is 14.8. The van der Waals surface area contributed by atoms with Crippen LogP contribution in [0, 0.1) is 12.8 Å². The molecule has 1 atom stereocenters. The maximum absolute atomic E-state index is 12.1. The monoisotopic (exact) mass is 295 g/mol. The molecule has 2 rings (SSSR count). The molecule has 1 amide bonds. The summed E-state index contributed by atoms with van der Waals surface area (Å²) in [6.45, 7) is 4.02. The first-order valence-electron chi connectivity index (χ1n) is 7.00. The van der Waals surface area contributed by atoms with E-state index in [1.54, 1.807) is 0 Å². The number of benzene rings is 1. The molecule has 1 aliphatic heterocycles. The quantitative estimate of drug-likeness (QED) is 0.927. The maximum Gasteiger partial charge on any atom is 0.224 e. The lowest BCUT2D eigenvalue weighted by Gasteiger charge is -2.14.